The lowest BCUT2D eigenvalue weighted by atomic mass is 9.92. The Balaban J connectivity index is 2.28. The van der Waals surface area contributed by atoms with E-state index in [1.165, 1.54) is 0 Å². The van der Waals surface area contributed by atoms with E-state index < -0.39 is 10.0 Å². The summed E-state index contributed by atoms with van der Waals surface area (Å²) in [4.78, 5) is 0. The molecule has 1 aliphatic carbocycles. The number of hydrogen-bond acceptors (Lipinski definition) is 3. The first-order valence-corrected chi connectivity index (χ1v) is 8.59. The zero-order valence-electron chi connectivity index (χ0n) is 12.1. The second-order valence-corrected chi connectivity index (χ2v) is 8.38. The number of hydrogen-bond donors (Lipinski definition) is 2. The first kappa shape index (κ1) is 15.9. The molecule has 0 aromatic carbocycles. The van der Waals surface area contributed by atoms with Gasteiger partial charge in [0.25, 0.3) is 0 Å². The fourth-order valence-corrected chi connectivity index (χ4v) is 3.85. The molecule has 0 amide bonds. The maximum atomic E-state index is 11.9. The van der Waals surface area contributed by atoms with Crippen LogP contribution in [0.3, 0.4) is 0 Å². The topological polar surface area (TPSA) is 58.2 Å². The SMILES string of the molecule is CC(C)NCCCS(=O)(=O)NC1CCC(C)(C)C1. The molecule has 5 heteroatoms. The Labute approximate surface area is 112 Å². The third kappa shape index (κ3) is 6.16. The van der Waals surface area contributed by atoms with Crippen LogP contribution >= 0.6 is 0 Å². The minimum Gasteiger partial charge on any atom is -0.314 e. The second kappa shape index (κ2) is 6.35. The number of rotatable bonds is 7. The van der Waals surface area contributed by atoms with Crippen LogP contribution < -0.4 is 10.0 Å². The molecule has 4 nitrogen and oxygen atoms in total. The maximum Gasteiger partial charge on any atom is 0.211 e. The van der Waals surface area contributed by atoms with E-state index in [1.807, 2.05) is 0 Å². The predicted octanol–water partition coefficient (Wildman–Crippen LogP) is 1.87. The van der Waals surface area contributed by atoms with Gasteiger partial charge in [0.05, 0.1) is 5.75 Å². The molecule has 0 aliphatic heterocycles. The zero-order chi connectivity index (χ0) is 13.8. The van der Waals surface area contributed by atoms with E-state index in [2.05, 4.69) is 37.7 Å². The molecule has 1 unspecified atom stereocenters. The average molecular weight is 276 g/mol. The van der Waals surface area contributed by atoms with Crippen molar-refractivity contribution in [2.45, 2.75) is 65.5 Å². The zero-order valence-corrected chi connectivity index (χ0v) is 12.9. The summed E-state index contributed by atoms with van der Waals surface area (Å²) < 4.78 is 26.7. The van der Waals surface area contributed by atoms with Crippen molar-refractivity contribution in [1.29, 1.82) is 0 Å². The lowest BCUT2D eigenvalue weighted by Crippen LogP contribution is -2.36. The molecule has 0 aromatic rings. The van der Waals surface area contributed by atoms with Gasteiger partial charge in [0, 0.05) is 12.1 Å². The maximum absolute atomic E-state index is 11.9. The van der Waals surface area contributed by atoms with Crippen LogP contribution in [0.4, 0.5) is 0 Å². The molecule has 0 saturated heterocycles. The Bertz CT molecular complexity index is 350. The number of nitrogens with one attached hydrogen (secondary N) is 2. The van der Waals surface area contributed by atoms with Crippen molar-refractivity contribution < 1.29 is 8.42 Å². The fraction of sp³-hybridized carbons (Fsp3) is 1.00. The third-order valence-electron chi connectivity index (χ3n) is 3.46. The molecule has 2 N–H and O–H groups in total. The van der Waals surface area contributed by atoms with Crippen molar-refractivity contribution in [3.63, 3.8) is 0 Å². The van der Waals surface area contributed by atoms with Crippen LogP contribution in [0.15, 0.2) is 0 Å². The normalized spacial score (nSPS) is 23.7. The summed E-state index contributed by atoms with van der Waals surface area (Å²) in [5, 5.41) is 3.23. The quantitative estimate of drug-likeness (QED) is 0.698. The summed E-state index contributed by atoms with van der Waals surface area (Å²) in [6, 6.07) is 0.555. The van der Waals surface area contributed by atoms with Crippen molar-refractivity contribution in [1.82, 2.24) is 10.0 Å². The molecule has 1 saturated carbocycles. The molecule has 18 heavy (non-hydrogen) atoms. The van der Waals surface area contributed by atoms with Gasteiger partial charge in [-0.3, -0.25) is 0 Å². The summed E-state index contributed by atoms with van der Waals surface area (Å²) in [6.07, 6.45) is 3.70. The lowest BCUT2D eigenvalue weighted by Gasteiger charge is -2.18. The summed E-state index contributed by atoms with van der Waals surface area (Å²) in [7, 11) is -3.10. The van der Waals surface area contributed by atoms with Crippen molar-refractivity contribution in [3.8, 4) is 0 Å². The van der Waals surface area contributed by atoms with E-state index in [0.29, 0.717) is 12.5 Å². The van der Waals surface area contributed by atoms with Crippen LogP contribution in [0.1, 0.15) is 53.4 Å². The summed E-state index contributed by atoms with van der Waals surface area (Å²) >= 11 is 0. The van der Waals surface area contributed by atoms with Crippen molar-refractivity contribution in [3.05, 3.63) is 0 Å². The summed E-state index contributed by atoms with van der Waals surface area (Å²) in [6.45, 7) is 9.29. The Morgan fingerprint density at radius 2 is 2.00 bits per heavy atom. The van der Waals surface area contributed by atoms with Crippen LogP contribution in [0.5, 0.6) is 0 Å². The van der Waals surface area contributed by atoms with E-state index in [1.54, 1.807) is 0 Å². The van der Waals surface area contributed by atoms with E-state index in [9.17, 15) is 8.42 Å². The van der Waals surface area contributed by atoms with Crippen LogP contribution in [-0.4, -0.2) is 32.8 Å². The molecule has 1 atom stereocenters. The second-order valence-electron chi connectivity index (χ2n) is 6.50. The standard InChI is InChI=1S/C13H28N2O2S/c1-11(2)14-8-5-9-18(16,17)15-12-6-7-13(3,4)10-12/h11-12,14-15H,5-10H2,1-4H3. The molecule has 1 aliphatic rings. The van der Waals surface area contributed by atoms with Gasteiger partial charge < -0.3 is 5.32 Å². The van der Waals surface area contributed by atoms with Gasteiger partial charge in [-0.15, -0.1) is 0 Å². The first-order chi connectivity index (χ1) is 8.20. The monoisotopic (exact) mass is 276 g/mol. The molecule has 1 fully saturated rings. The minimum absolute atomic E-state index is 0.142. The highest BCUT2D eigenvalue weighted by Gasteiger charge is 2.32. The van der Waals surface area contributed by atoms with Crippen molar-refractivity contribution >= 4 is 10.0 Å². The van der Waals surface area contributed by atoms with Gasteiger partial charge in [0.15, 0.2) is 0 Å². The average Bonchev–Trinajstić information content (AvgIpc) is 2.52. The van der Waals surface area contributed by atoms with E-state index in [-0.39, 0.29) is 17.2 Å². The highest BCUT2D eigenvalue weighted by molar-refractivity contribution is 7.89. The number of sulfonamides is 1. The Kier molecular flexibility index (Phi) is 5.62. The van der Waals surface area contributed by atoms with Crippen molar-refractivity contribution in [2.75, 3.05) is 12.3 Å². The van der Waals surface area contributed by atoms with E-state index in [4.69, 9.17) is 0 Å². The summed E-state index contributed by atoms with van der Waals surface area (Å²) in [5.74, 6) is 0.226. The predicted molar refractivity (Wildman–Crippen MR) is 76.1 cm³/mol. The molecule has 0 bridgehead atoms. The Hall–Kier alpha value is -0.130. The molecular weight excluding hydrogens is 248 g/mol. The molecule has 0 heterocycles. The molecular formula is C13H28N2O2S. The van der Waals surface area contributed by atoms with E-state index >= 15 is 0 Å². The van der Waals surface area contributed by atoms with Crippen LogP contribution in [-0.2, 0) is 10.0 Å². The van der Waals surface area contributed by atoms with Crippen molar-refractivity contribution in [2.24, 2.45) is 5.41 Å². The molecule has 108 valence electrons. The van der Waals surface area contributed by atoms with E-state index in [0.717, 1.165) is 25.8 Å². The largest absolute Gasteiger partial charge is 0.314 e. The van der Waals surface area contributed by atoms with Gasteiger partial charge in [0.1, 0.15) is 0 Å². The Morgan fingerprint density at radius 3 is 2.50 bits per heavy atom. The van der Waals surface area contributed by atoms with Gasteiger partial charge in [-0.05, 0) is 37.6 Å². The smallest absolute Gasteiger partial charge is 0.211 e. The Morgan fingerprint density at radius 1 is 1.33 bits per heavy atom. The first-order valence-electron chi connectivity index (χ1n) is 6.94. The van der Waals surface area contributed by atoms with Crippen LogP contribution in [0, 0.1) is 5.41 Å². The fourth-order valence-electron chi connectivity index (χ4n) is 2.50. The van der Waals surface area contributed by atoms with Gasteiger partial charge in [-0.2, -0.15) is 0 Å². The highest BCUT2D eigenvalue weighted by atomic mass is 32.2. The van der Waals surface area contributed by atoms with Crippen LogP contribution in [0.25, 0.3) is 0 Å². The lowest BCUT2D eigenvalue weighted by molar-refractivity contribution is 0.372. The van der Waals surface area contributed by atoms with Gasteiger partial charge in [-0.25, -0.2) is 13.1 Å². The molecule has 0 spiro atoms. The van der Waals surface area contributed by atoms with Gasteiger partial charge >= 0.3 is 0 Å². The molecule has 0 aromatic heterocycles. The highest BCUT2D eigenvalue weighted by Crippen LogP contribution is 2.37. The minimum atomic E-state index is -3.10. The molecule has 1 rings (SSSR count). The summed E-state index contributed by atoms with van der Waals surface area (Å²) in [5.41, 5.74) is 0.284. The van der Waals surface area contributed by atoms with Gasteiger partial charge in [0.2, 0.25) is 10.0 Å². The van der Waals surface area contributed by atoms with Gasteiger partial charge in [-0.1, -0.05) is 27.7 Å². The molecule has 0 radical (unpaired) electrons. The third-order valence-corrected chi connectivity index (χ3v) is 4.98. The van der Waals surface area contributed by atoms with Crippen LogP contribution in [0.2, 0.25) is 0 Å².